The van der Waals surface area contributed by atoms with Gasteiger partial charge in [0.1, 0.15) is 23.7 Å². The van der Waals surface area contributed by atoms with Gasteiger partial charge in [-0.1, -0.05) is 27.7 Å². The van der Waals surface area contributed by atoms with Gasteiger partial charge in [-0.25, -0.2) is 9.59 Å². The van der Waals surface area contributed by atoms with E-state index in [1.54, 1.807) is 48.7 Å². The zero-order chi connectivity index (χ0) is 34.9. The lowest BCUT2D eigenvalue weighted by Gasteiger charge is -2.27. The molecule has 0 saturated heterocycles. The highest BCUT2D eigenvalue weighted by molar-refractivity contribution is 5.93. The fourth-order valence-corrected chi connectivity index (χ4v) is 3.69. The lowest BCUT2D eigenvalue weighted by atomic mass is 10.0. The monoisotopic (exact) mass is 643 g/mol. The molecule has 0 aliphatic carbocycles. The smallest absolute Gasteiger partial charge is 0.407 e. The minimum absolute atomic E-state index is 0.0487. The maximum absolute atomic E-state index is 13.3. The maximum Gasteiger partial charge on any atom is 0.407 e. The molecule has 15 nitrogen and oxygen atoms in total. The van der Waals surface area contributed by atoms with Crippen LogP contribution in [0.2, 0.25) is 0 Å². The van der Waals surface area contributed by atoms with Crippen molar-refractivity contribution in [2.75, 3.05) is 27.2 Å². The number of alkyl carbamates (subject to hydrolysis) is 1. The zero-order valence-corrected chi connectivity index (χ0v) is 28.1. The first-order chi connectivity index (χ1) is 20.7. The maximum atomic E-state index is 13.3. The Kier molecular flexibility index (Phi) is 18.4. The van der Waals surface area contributed by atoms with Crippen molar-refractivity contribution >= 4 is 41.7 Å². The Hall–Kier alpha value is -3.91. The number of carbonyl (C=O) groups excluding carboxylic acids is 6. The summed E-state index contributed by atoms with van der Waals surface area (Å²) in [5.41, 5.74) is -0.746. The summed E-state index contributed by atoms with van der Waals surface area (Å²) in [5, 5.41) is 19.6. The van der Waals surface area contributed by atoms with Crippen LogP contribution in [0.25, 0.3) is 0 Å². The van der Waals surface area contributed by atoms with Gasteiger partial charge in [0.25, 0.3) is 0 Å². The predicted octanol–water partition coefficient (Wildman–Crippen LogP) is 1.33. The first-order valence-electron chi connectivity index (χ1n) is 15.2. The highest BCUT2D eigenvalue weighted by atomic mass is 16.6. The number of rotatable bonds is 19. The Morgan fingerprint density at radius 1 is 0.800 bits per heavy atom. The largest absolute Gasteiger partial charge is 0.480 e. The molecule has 0 aliphatic heterocycles. The van der Waals surface area contributed by atoms with E-state index in [0.29, 0.717) is 0 Å². The summed E-state index contributed by atoms with van der Waals surface area (Å²) in [6.07, 6.45) is -0.883. The predicted molar refractivity (Wildman–Crippen MR) is 165 cm³/mol. The molecule has 0 aromatic heterocycles. The molecule has 45 heavy (non-hydrogen) atoms. The summed E-state index contributed by atoms with van der Waals surface area (Å²) >= 11 is 0. The molecule has 258 valence electrons. The van der Waals surface area contributed by atoms with Gasteiger partial charge in [0.15, 0.2) is 0 Å². The lowest BCUT2D eigenvalue weighted by Crippen LogP contribution is -2.57. The molecule has 5 N–H and O–H groups in total. The van der Waals surface area contributed by atoms with Crippen molar-refractivity contribution in [3.05, 3.63) is 0 Å². The normalized spacial score (nSPS) is 13.2. The minimum Gasteiger partial charge on any atom is -0.480 e. The van der Waals surface area contributed by atoms with E-state index in [-0.39, 0.29) is 63.5 Å². The van der Waals surface area contributed by atoms with Crippen molar-refractivity contribution in [1.29, 1.82) is 0 Å². The average Bonchev–Trinajstić information content (AvgIpc) is 2.90. The number of esters is 1. The molecule has 0 unspecified atom stereocenters. The van der Waals surface area contributed by atoms with E-state index in [1.165, 1.54) is 4.90 Å². The summed E-state index contributed by atoms with van der Waals surface area (Å²) in [5.74, 6) is -4.51. The van der Waals surface area contributed by atoms with E-state index in [1.807, 2.05) is 13.8 Å². The standard InChI is InChI=1S/C30H53N5O10/c1-18(2)17-44-24(38)14-13-20(32-22(36)11-10-12-23(37)35(8)9)26(39)34-25(19(3)4)27(40)33-21(28(41)42)15-16-31-29(43)45-30(5,6)7/h18-21,25H,10-17H2,1-9H3,(H,31,43)(H,32,36)(H,33,40)(H,34,39)(H,41,42)/t20-,21-,25-/m0/s1. The molecule has 3 atom stereocenters. The number of aliphatic carboxylic acids is 1. The van der Waals surface area contributed by atoms with Crippen molar-refractivity contribution < 1.29 is 48.1 Å². The van der Waals surface area contributed by atoms with Crippen LogP contribution in [0.4, 0.5) is 4.79 Å². The molecule has 5 amide bonds. The van der Waals surface area contributed by atoms with Gasteiger partial charge in [0.2, 0.25) is 23.6 Å². The van der Waals surface area contributed by atoms with Gasteiger partial charge in [-0.05, 0) is 51.9 Å². The summed E-state index contributed by atoms with van der Waals surface area (Å²) in [6, 6.07) is -3.79. The minimum atomic E-state index is -1.39. The van der Waals surface area contributed by atoms with Crippen LogP contribution < -0.4 is 21.3 Å². The highest BCUT2D eigenvalue weighted by Crippen LogP contribution is 2.09. The molecule has 0 rings (SSSR count). The number of carbonyl (C=O) groups is 7. The van der Waals surface area contributed by atoms with Gasteiger partial charge in [-0.3, -0.25) is 24.0 Å². The summed E-state index contributed by atoms with van der Waals surface area (Å²) in [6.45, 7) is 12.1. The number of hydrogen-bond donors (Lipinski definition) is 5. The molecule has 0 saturated carbocycles. The Morgan fingerprint density at radius 3 is 1.93 bits per heavy atom. The Morgan fingerprint density at radius 2 is 1.42 bits per heavy atom. The number of nitrogens with one attached hydrogen (secondary N) is 4. The number of carboxylic acids is 1. The van der Waals surface area contributed by atoms with Crippen molar-refractivity contribution in [1.82, 2.24) is 26.2 Å². The third kappa shape index (κ3) is 19.2. The highest BCUT2D eigenvalue weighted by Gasteiger charge is 2.32. The van der Waals surface area contributed by atoms with Crippen molar-refractivity contribution in [3.63, 3.8) is 0 Å². The number of amides is 5. The van der Waals surface area contributed by atoms with Crippen molar-refractivity contribution in [3.8, 4) is 0 Å². The average molecular weight is 644 g/mol. The van der Waals surface area contributed by atoms with Gasteiger partial charge in [0, 0.05) is 39.9 Å². The van der Waals surface area contributed by atoms with E-state index in [0.717, 1.165) is 0 Å². The molecule has 0 aromatic carbocycles. The zero-order valence-electron chi connectivity index (χ0n) is 28.1. The first-order valence-corrected chi connectivity index (χ1v) is 15.2. The van der Waals surface area contributed by atoms with Crippen LogP contribution >= 0.6 is 0 Å². The van der Waals surface area contributed by atoms with E-state index < -0.39 is 65.4 Å². The third-order valence-corrected chi connectivity index (χ3v) is 6.12. The van der Waals surface area contributed by atoms with E-state index in [9.17, 15) is 38.7 Å². The van der Waals surface area contributed by atoms with Gasteiger partial charge in [-0.2, -0.15) is 0 Å². The van der Waals surface area contributed by atoms with Gasteiger partial charge in [-0.15, -0.1) is 0 Å². The molecule has 0 bridgehead atoms. The first kappa shape index (κ1) is 41.1. The summed E-state index contributed by atoms with van der Waals surface area (Å²) in [7, 11) is 3.20. The van der Waals surface area contributed by atoms with Crippen LogP contribution in [0.5, 0.6) is 0 Å². The van der Waals surface area contributed by atoms with Gasteiger partial charge >= 0.3 is 18.0 Å². The SMILES string of the molecule is CC(C)COC(=O)CC[C@H](NC(=O)CCCC(=O)N(C)C)C(=O)N[C@H](C(=O)N[C@@H](CCNC(=O)OC(C)(C)C)C(=O)O)C(C)C. The number of ether oxygens (including phenoxy) is 2. The molecular formula is C30H53N5O10. The quantitative estimate of drug-likeness (QED) is 0.128. The molecule has 0 aromatic rings. The fourth-order valence-electron chi connectivity index (χ4n) is 3.69. The van der Waals surface area contributed by atoms with Gasteiger partial charge < -0.3 is 40.7 Å². The number of carboxylic acid groups (broad SMARTS) is 1. The van der Waals surface area contributed by atoms with Crippen LogP contribution in [0.15, 0.2) is 0 Å². The molecule has 0 radical (unpaired) electrons. The van der Waals surface area contributed by atoms with Crippen LogP contribution in [0.3, 0.4) is 0 Å². The molecule has 0 heterocycles. The molecule has 0 fully saturated rings. The molecular weight excluding hydrogens is 590 g/mol. The number of hydrogen-bond acceptors (Lipinski definition) is 9. The topological polar surface area (TPSA) is 210 Å². The van der Waals surface area contributed by atoms with Gasteiger partial charge in [0.05, 0.1) is 6.61 Å². The second-order valence-corrected chi connectivity index (χ2v) is 12.7. The Bertz CT molecular complexity index is 1020. The summed E-state index contributed by atoms with van der Waals surface area (Å²) in [4.78, 5) is 88.3. The summed E-state index contributed by atoms with van der Waals surface area (Å²) < 4.78 is 10.3. The van der Waals surface area contributed by atoms with Crippen LogP contribution in [-0.2, 0) is 38.2 Å². The Labute approximate surface area is 265 Å². The molecule has 0 aliphatic rings. The van der Waals surface area contributed by atoms with Crippen LogP contribution in [0.1, 0.15) is 87.0 Å². The Balaban J connectivity index is 5.53. The van der Waals surface area contributed by atoms with Crippen LogP contribution in [0, 0.1) is 11.8 Å². The third-order valence-electron chi connectivity index (χ3n) is 6.12. The lowest BCUT2D eigenvalue weighted by molar-refractivity contribution is -0.145. The fraction of sp³-hybridized carbons (Fsp3) is 0.767. The van der Waals surface area contributed by atoms with Crippen molar-refractivity contribution in [2.45, 2.75) is 111 Å². The van der Waals surface area contributed by atoms with Crippen molar-refractivity contribution in [2.24, 2.45) is 11.8 Å². The van der Waals surface area contributed by atoms with E-state index in [4.69, 9.17) is 9.47 Å². The van der Waals surface area contributed by atoms with E-state index in [2.05, 4.69) is 21.3 Å². The van der Waals surface area contributed by atoms with E-state index >= 15 is 0 Å². The second kappa shape index (κ2) is 20.2. The molecule has 15 heteroatoms. The molecule has 0 spiro atoms. The van der Waals surface area contributed by atoms with Crippen LogP contribution in [-0.4, -0.2) is 103 Å². The second-order valence-electron chi connectivity index (χ2n) is 12.7. The number of nitrogens with zero attached hydrogens (tertiary/aromatic N) is 1.